The largest absolute Gasteiger partial charge is 0.481 e. The van der Waals surface area contributed by atoms with Crippen molar-refractivity contribution < 1.29 is 24.0 Å². The molecule has 0 aromatic heterocycles. The highest BCUT2D eigenvalue weighted by Gasteiger charge is 2.39. The second-order valence-corrected chi connectivity index (χ2v) is 4.66. The zero-order valence-corrected chi connectivity index (χ0v) is 10.6. The summed E-state index contributed by atoms with van der Waals surface area (Å²) in [6, 6.07) is 1.48. The van der Waals surface area contributed by atoms with Gasteiger partial charge in [0.15, 0.2) is 0 Å². The Hall–Kier alpha value is -2.22. The van der Waals surface area contributed by atoms with Crippen LogP contribution in [0.4, 0.5) is 15.8 Å². The summed E-state index contributed by atoms with van der Waals surface area (Å²) in [6.45, 7) is -0.236. The average molecular weight is 303 g/mol. The van der Waals surface area contributed by atoms with Gasteiger partial charge in [0.05, 0.1) is 21.9 Å². The molecule has 1 aliphatic rings. The van der Waals surface area contributed by atoms with E-state index in [0.717, 1.165) is 11.0 Å². The predicted octanol–water partition coefficient (Wildman–Crippen LogP) is 1.82. The molecule has 1 saturated heterocycles. The number of nitro groups is 1. The summed E-state index contributed by atoms with van der Waals surface area (Å²) < 4.78 is 13.2. The van der Waals surface area contributed by atoms with Crippen LogP contribution < -0.4 is 4.90 Å². The third-order valence-electron chi connectivity index (χ3n) is 2.95. The summed E-state index contributed by atoms with van der Waals surface area (Å²) in [5.41, 5.74) is -0.943. The van der Waals surface area contributed by atoms with Crippen molar-refractivity contribution in [3.63, 3.8) is 0 Å². The molecule has 1 aromatic rings. The summed E-state index contributed by atoms with van der Waals surface area (Å²) in [5, 5.41) is 19.5. The van der Waals surface area contributed by atoms with Crippen LogP contribution in [0, 0.1) is 21.8 Å². The number of anilines is 1. The fourth-order valence-corrected chi connectivity index (χ4v) is 2.35. The lowest BCUT2D eigenvalue weighted by Gasteiger charge is -2.17. The maximum absolute atomic E-state index is 13.2. The van der Waals surface area contributed by atoms with E-state index in [4.69, 9.17) is 16.7 Å². The van der Waals surface area contributed by atoms with Crippen LogP contribution in [-0.4, -0.2) is 28.5 Å². The number of rotatable bonds is 3. The minimum Gasteiger partial charge on any atom is -0.481 e. The molecule has 7 nitrogen and oxygen atoms in total. The second kappa shape index (κ2) is 5.04. The lowest BCUT2D eigenvalue weighted by Crippen LogP contribution is -2.27. The van der Waals surface area contributed by atoms with E-state index in [2.05, 4.69) is 0 Å². The van der Waals surface area contributed by atoms with Gasteiger partial charge in [-0.15, -0.1) is 0 Å². The molecule has 9 heteroatoms. The van der Waals surface area contributed by atoms with E-state index in [1.54, 1.807) is 0 Å². The van der Waals surface area contributed by atoms with Crippen LogP contribution in [0.2, 0.25) is 5.02 Å². The molecule has 20 heavy (non-hydrogen) atoms. The molecule has 1 aliphatic heterocycles. The van der Waals surface area contributed by atoms with Crippen molar-refractivity contribution in [1.82, 2.24) is 0 Å². The number of carboxylic acids is 1. The SMILES string of the molecule is O=C(O)C1CC(=O)N(c2c(Cl)cc(F)cc2[N+](=O)[O-])C1. The Balaban J connectivity index is 2.50. The Morgan fingerprint density at radius 2 is 2.20 bits per heavy atom. The monoisotopic (exact) mass is 302 g/mol. The van der Waals surface area contributed by atoms with Crippen molar-refractivity contribution >= 4 is 34.9 Å². The molecule has 1 fully saturated rings. The van der Waals surface area contributed by atoms with Gasteiger partial charge in [-0.25, -0.2) is 4.39 Å². The number of benzene rings is 1. The smallest absolute Gasteiger partial charge is 0.308 e. The maximum atomic E-state index is 13.2. The van der Waals surface area contributed by atoms with Gasteiger partial charge in [0.25, 0.3) is 5.69 Å². The number of hydrogen-bond acceptors (Lipinski definition) is 4. The molecule has 0 aliphatic carbocycles. The van der Waals surface area contributed by atoms with Crippen LogP contribution in [0.5, 0.6) is 0 Å². The molecular formula is C11H8ClFN2O5. The zero-order valence-electron chi connectivity index (χ0n) is 9.88. The van der Waals surface area contributed by atoms with Gasteiger partial charge < -0.3 is 10.0 Å². The third-order valence-corrected chi connectivity index (χ3v) is 3.24. The Bertz CT molecular complexity index is 621. The minimum absolute atomic E-state index is 0.236. The van der Waals surface area contributed by atoms with E-state index in [9.17, 15) is 24.1 Å². The Morgan fingerprint density at radius 3 is 2.70 bits per heavy atom. The molecule has 0 saturated carbocycles. The van der Waals surface area contributed by atoms with Crippen LogP contribution in [-0.2, 0) is 9.59 Å². The number of hydrogen-bond donors (Lipinski definition) is 1. The molecule has 1 amide bonds. The summed E-state index contributed by atoms with van der Waals surface area (Å²) in [7, 11) is 0. The maximum Gasteiger partial charge on any atom is 0.308 e. The van der Waals surface area contributed by atoms with Gasteiger partial charge in [0, 0.05) is 13.0 Å². The quantitative estimate of drug-likeness (QED) is 0.678. The van der Waals surface area contributed by atoms with Crippen LogP contribution in [0.3, 0.4) is 0 Å². The first-order chi connectivity index (χ1) is 9.31. The number of carbonyl (C=O) groups excluding carboxylic acids is 1. The number of amides is 1. The third kappa shape index (κ3) is 2.42. The van der Waals surface area contributed by atoms with Crippen molar-refractivity contribution in [2.45, 2.75) is 6.42 Å². The predicted molar refractivity (Wildman–Crippen MR) is 66.2 cm³/mol. The molecule has 0 radical (unpaired) electrons. The van der Waals surface area contributed by atoms with Crippen LogP contribution in [0.15, 0.2) is 12.1 Å². The number of nitro benzene ring substituents is 1. The van der Waals surface area contributed by atoms with Gasteiger partial charge >= 0.3 is 5.97 Å². The van der Waals surface area contributed by atoms with Crippen molar-refractivity contribution in [3.05, 3.63) is 33.1 Å². The number of carboxylic acid groups (broad SMARTS) is 1. The number of nitrogens with zero attached hydrogens (tertiary/aromatic N) is 2. The summed E-state index contributed by atoms with van der Waals surface area (Å²) in [6.07, 6.45) is -0.278. The molecule has 1 heterocycles. The highest BCUT2D eigenvalue weighted by Crippen LogP contribution is 2.39. The van der Waals surface area contributed by atoms with Crippen LogP contribution >= 0.6 is 11.6 Å². The van der Waals surface area contributed by atoms with Crippen molar-refractivity contribution in [1.29, 1.82) is 0 Å². The lowest BCUT2D eigenvalue weighted by atomic mass is 10.1. The summed E-state index contributed by atoms with van der Waals surface area (Å²) in [4.78, 5) is 33.6. The molecule has 0 spiro atoms. The number of carbonyl (C=O) groups is 2. The van der Waals surface area contributed by atoms with Gasteiger partial charge in [-0.05, 0) is 6.07 Å². The van der Waals surface area contributed by atoms with Crippen molar-refractivity contribution in [2.75, 3.05) is 11.4 Å². The van der Waals surface area contributed by atoms with E-state index in [1.165, 1.54) is 0 Å². The van der Waals surface area contributed by atoms with E-state index < -0.39 is 34.2 Å². The number of halogens is 2. The van der Waals surface area contributed by atoms with Gasteiger partial charge in [-0.2, -0.15) is 0 Å². The molecule has 106 valence electrons. The Morgan fingerprint density at radius 1 is 1.55 bits per heavy atom. The average Bonchev–Trinajstić information content (AvgIpc) is 2.70. The first-order valence-corrected chi connectivity index (χ1v) is 5.85. The minimum atomic E-state index is -1.18. The topological polar surface area (TPSA) is 101 Å². The first-order valence-electron chi connectivity index (χ1n) is 5.48. The Kier molecular flexibility index (Phi) is 3.58. The highest BCUT2D eigenvalue weighted by molar-refractivity contribution is 6.34. The van der Waals surface area contributed by atoms with Crippen molar-refractivity contribution in [2.24, 2.45) is 5.92 Å². The first kappa shape index (κ1) is 14.2. The van der Waals surface area contributed by atoms with Gasteiger partial charge in [-0.3, -0.25) is 19.7 Å². The van der Waals surface area contributed by atoms with E-state index in [1.807, 2.05) is 0 Å². The van der Waals surface area contributed by atoms with Gasteiger partial charge in [0.1, 0.15) is 11.5 Å². The van der Waals surface area contributed by atoms with Crippen molar-refractivity contribution in [3.8, 4) is 0 Å². The highest BCUT2D eigenvalue weighted by atomic mass is 35.5. The Labute approximate surface area is 116 Å². The van der Waals surface area contributed by atoms with Gasteiger partial charge in [0.2, 0.25) is 5.91 Å². The van der Waals surface area contributed by atoms with E-state index in [-0.39, 0.29) is 23.7 Å². The fraction of sp³-hybridized carbons (Fsp3) is 0.273. The molecular weight excluding hydrogens is 295 g/mol. The molecule has 1 unspecified atom stereocenters. The second-order valence-electron chi connectivity index (χ2n) is 4.26. The molecule has 1 atom stereocenters. The van der Waals surface area contributed by atoms with E-state index >= 15 is 0 Å². The molecule has 2 rings (SSSR count). The van der Waals surface area contributed by atoms with Gasteiger partial charge in [-0.1, -0.05) is 11.6 Å². The summed E-state index contributed by atoms with van der Waals surface area (Å²) in [5.74, 6) is -3.66. The summed E-state index contributed by atoms with van der Waals surface area (Å²) >= 11 is 5.77. The zero-order chi connectivity index (χ0) is 15.0. The molecule has 1 N–H and O–H groups in total. The van der Waals surface area contributed by atoms with Crippen LogP contribution in [0.1, 0.15) is 6.42 Å². The fourth-order valence-electron chi connectivity index (χ4n) is 2.05. The van der Waals surface area contributed by atoms with Crippen LogP contribution in [0.25, 0.3) is 0 Å². The van der Waals surface area contributed by atoms with E-state index in [0.29, 0.717) is 6.07 Å². The lowest BCUT2D eigenvalue weighted by molar-refractivity contribution is -0.384. The molecule has 0 bridgehead atoms. The standard InChI is InChI=1S/C11H8ClFN2O5/c12-7-2-6(13)3-8(15(19)20)10(7)14-4-5(11(17)18)1-9(14)16/h2-3,5H,1,4H2,(H,17,18). The number of aliphatic carboxylic acids is 1. The molecule has 1 aromatic carbocycles. The normalized spacial score (nSPS) is 18.4.